The SMILES string of the molecule is Cc1cc(-c2ccc(NC(=O)CS(=O)(=O)c3ccc(F)cc3)c(C)c2)ccc1NC(=O)CS(=O)(=O)c1ccc(F)cc1. The normalized spacial score (nSPS) is 11.6. The van der Waals surface area contributed by atoms with Gasteiger partial charge in [0.15, 0.2) is 19.7 Å². The molecule has 0 saturated carbocycles. The van der Waals surface area contributed by atoms with Gasteiger partial charge in [-0.25, -0.2) is 25.6 Å². The summed E-state index contributed by atoms with van der Waals surface area (Å²) in [5, 5.41) is 5.19. The van der Waals surface area contributed by atoms with Gasteiger partial charge in [0.2, 0.25) is 11.8 Å². The molecule has 2 N–H and O–H groups in total. The molecule has 218 valence electrons. The van der Waals surface area contributed by atoms with Gasteiger partial charge in [-0.2, -0.15) is 0 Å². The van der Waals surface area contributed by atoms with E-state index in [9.17, 15) is 35.2 Å². The van der Waals surface area contributed by atoms with Crippen molar-refractivity contribution in [2.75, 3.05) is 22.1 Å². The summed E-state index contributed by atoms with van der Waals surface area (Å²) in [4.78, 5) is 24.6. The maximum absolute atomic E-state index is 13.1. The smallest absolute Gasteiger partial charge is 0.239 e. The van der Waals surface area contributed by atoms with E-state index in [1.54, 1.807) is 50.2 Å². The first-order chi connectivity index (χ1) is 19.7. The first-order valence-electron chi connectivity index (χ1n) is 12.5. The van der Waals surface area contributed by atoms with Gasteiger partial charge in [-0.1, -0.05) is 12.1 Å². The van der Waals surface area contributed by atoms with Crippen LogP contribution >= 0.6 is 0 Å². The fourth-order valence-corrected chi connectivity index (χ4v) is 6.40. The van der Waals surface area contributed by atoms with Crippen LogP contribution in [0.15, 0.2) is 94.7 Å². The summed E-state index contributed by atoms with van der Waals surface area (Å²) < 4.78 is 76.2. The largest absolute Gasteiger partial charge is 0.325 e. The van der Waals surface area contributed by atoms with Crippen LogP contribution in [0.4, 0.5) is 20.2 Å². The maximum Gasteiger partial charge on any atom is 0.239 e. The van der Waals surface area contributed by atoms with E-state index in [-0.39, 0.29) is 9.79 Å². The second-order valence-corrected chi connectivity index (χ2v) is 13.6. The van der Waals surface area contributed by atoms with E-state index in [4.69, 9.17) is 0 Å². The predicted octanol–water partition coefficient (Wildman–Crippen LogP) is 5.07. The minimum Gasteiger partial charge on any atom is -0.325 e. The van der Waals surface area contributed by atoms with E-state index in [0.717, 1.165) is 59.7 Å². The van der Waals surface area contributed by atoms with Gasteiger partial charge in [0, 0.05) is 11.4 Å². The number of hydrogen-bond acceptors (Lipinski definition) is 6. The summed E-state index contributed by atoms with van der Waals surface area (Å²) in [7, 11) is -7.92. The molecule has 0 aliphatic heterocycles. The molecule has 0 aliphatic rings. The first-order valence-corrected chi connectivity index (χ1v) is 15.8. The lowest BCUT2D eigenvalue weighted by molar-refractivity contribution is -0.114. The zero-order valence-corrected chi connectivity index (χ0v) is 24.2. The monoisotopic (exact) mass is 612 g/mol. The number of carbonyl (C=O) groups is 2. The van der Waals surface area contributed by atoms with Crippen LogP contribution in [0.2, 0.25) is 0 Å². The topological polar surface area (TPSA) is 126 Å². The van der Waals surface area contributed by atoms with Crippen LogP contribution in [-0.4, -0.2) is 40.2 Å². The highest BCUT2D eigenvalue weighted by atomic mass is 32.2. The van der Waals surface area contributed by atoms with E-state index in [2.05, 4.69) is 10.6 Å². The Morgan fingerprint density at radius 3 is 1.21 bits per heavy atom. The Kier molecular flexibility index (Phi) is 8.88. The average molecular weight is 613 g/mol. The van der Waals surface area contributed by atoms with Crippen molar-refractivity contribution >= 4 is 42.9 Å². The standard InChI is InChI=1S/C30H26F2N2O6S2/c1-19-15-21(3-13-27(19)33-29(35)17-41(37,38)25-9-5-23(31)6-10-25)22-4-14-28(20(2)16-22)34-30(36)18-42(39,40)26-11-7-24(32)8-12-26/h3-16H,17-18H2,1-2H3,(H,33,35)(H,34,36). The second-order valence-electron chi connectivity index (χ2n) is 9.58. The highest BCUT2D eigenvalue weighted by Gasteiger charge is 2.21. The molecule has 2 amide bonds. The van der Waals surface area contributed by atoms with E-state index in [0.29, 0.717) is 22.5 Å². The molecule has 0 spiro atoms. The molecule has 4 aromatic carbocycles. The number of hydrogen-bond donors (Lipinski definition) is 2. The summed E-state index contributed by atoms with van der Waals surface area (Å²) in [6, 6.07) is 18.8. The van der Waals surface area contributed by atoms with Crippen molar-refractivity contribution in [1.82, 2.24) is 0 Å². The molecule has 0 aromatic heterocycles. The molecule has 4 rings (SSSR count). The van der Waals surface area contributed by atoms with Gasteiger partial charge in [-0.3, -0.25) is 9.59 Å². The minimum atomic E-state index is -3.96. The summed E-state index contributed by atoms with van der Waals surface area (Å²) in [6.07, 6.45) is 0. The molecule has 0 atom stereocenters. The zero-order valence-electron chi connectivity index (χ0n) is 22.5. The van der Waals surface area contributed by atoms with Crippen molar-refractivity contribution in [1.29, 1.82) is 0 Å². The number of carbonyl (C=O) groups excluding carboxylic acids is 2. The second kappa shape index (κ2) is 12.2. The highest BCUT2D eigenvalue weighted by molar-refractivity contribution is 7.92. The quantitative estimate of drug-likeness (QED) is 0.254. The average Bonchev–Trinajstić information content (AvgIpc) is 2.91. The fourth-order valence-electron chi connectivity index (χ4n) is 4.14. The third-order valence-electron chi connectivity index (χ3n) is 6.32. The molecule has 8 nitrogen and oxygen atoms in total. The third kappa shape index (κ3) is 7.45. The van der Waals surface area contributed by atoms with Crippen molar-refractivity contribution in [2.45, 2.75) is 23.6 Å². The Morgan fingerprint density at radius 2 is 0.905 bits per heavy atom. The highest BCUT2D eigenvalue weighted by Crippen LogP contribution is 2.28. The Labute approximate surface area is 242 Å². The van der Waals surface area contributed by atoms with Crippen molar-refractivity contribution in [3.63, 3.8) is 0 Å². The number of anilines is 2. The molecule has 0 fully saturated rings. The van der Waals surface area contributed by atoms with Gasteiger partial charge in [-0.15, -0.1) is 0 Å². The van der Waals surface area contributed by atoms with Crippen molar-refractivity contribution in [3.05, 3.63) is 108 Å². The van der Waals surface area contributed by atoms with Crippen molar-refractivity contribution in [2.24, 2.45) is 0 Å². The summed E-state index contributed by atoms with van der Waals surface area (Å²) in [5.41, 5.74) is 3.73. The molecule has 0 radical (unpaired) electrons. The summed E-state index contributed by atoms with van der Waals surface area (Å²) in [5.74, 6) is -4.27. The van der Waals surface area contributed by atoms with E-state index in [1.807, 2.05) is 0 Å². The number of benzene rings is 4. The number of nitrogens with one attached hydrogen (secondary N) is 2. The molecule has 0 bridgehead atoms. The Morgan fingerprint density at radius 1 is 0.571 bits per heavy atom. The Bertz CT molecular complexity index is 1740. The lowest BCUT2D eigenvalue weighted by Crippen LogP contribution is -2.23. The van der Waals surface area contributed by atoms with Gasteiger partial charge in [-0.05, 0) is 109 Å². The van der Waals surface area contributed by atoms with Crippen LogP contribution in [0.1, 0.15) is 11.1 Å². The van der Waals surface area contributed by atoms with E-state index >= 15 is 0 Å². The van der Waals surface area contributed by atoms with Crippen LogP contribution in [0, 0.1) is 25.5 Å². The minimum absolute atomic E-state index is 0.157. The lowest BCUT2D eigenvalue weighted by Gasteiger charge is -2.13. The molecule has 42 heavy (non-hydrogen) atoms. The van der Waals surface area contributed by atoms with E-state index in [1.165, 1.54) is 0 Å². The van der Waals surface area contributed by atoms with Crippen molar-refractivity contribution in [3.8, 4) is 11.1 Å². The summed E-state index contributed by atoms with van der Waals surface area (Å²) >= 11 is 0. The third-order valence-corrected chi connectivity index (χ3v) is 9.59. The molecule has 0 unspecified atom stereocenters. The molecule has 0 saturated heterocycles. The van der Waals surface area contributed by atoms with Gasteiger partial charge < -0.3 is 10.6 Å². The molecule has 0 heterocycles. The lowest BCUT2D eigenvalue weighted by atomic mass is 10.00. The Balaban J connectivity index is 1.41. The Hall–Kier alpha value is -4.42. The number of rotatable bonds is 9. The van der Waals surface area contributed by atoms with Crippen LogP contribution < -0.4 is 10.6 Å². The fraction of sp³-hybridized carbons (Fsp3) is 0.133. The molecule has 4 aromatic rings. The first kappa shape index (κ1) is 30.5. The van der Waals surface area contributed by atoms with Crippen LogP contribution in [0.5, 0.6) is 0 Å². The van der Waals surface area contributed by atoms with Crippen LogP contribution in [-0.2, 0) is 29.3 Å². The van der Waals surface area contributed by atoms with Gasteiger partial charge in [0.05, 0.1) is 9.79 Å². The molecule has 12 heteroatoms. The summed E-state index contributed by atoms with van der Waals surface area (Å²) in [6.45, 7) is 3.49. The van der Waals surface area contributed by atoms with Crippen molar-refractivity contribution < 1.29 is 35.2 Å². The number of amides is 2. The maximum atomic E-state index is 13.1. The van der Waals surface area contributed by atoms with E-state index < -0.39 is 54.6 Å². The van der Waals surface area contributed by atoms with Gasteiger partial charge in [0.25, 0.3) is 0 Å². The molecular weight excluding hydrogens is 586 g/mol. The predicted molar refractivity (Wildman–Crippen MR) is 156 cm³/mol. The van der Waals surface area contributed by atoms with Crippen LogP contribution in [0.25, 0.3) is 11.1 Å². The number of halogens is 2. The van der Waals surface area contributed by atoms with Gasteiger partial charge >= 0.3 is 0 Å². The number of sulfone groups is 2. The molecule has 0 aliphatic carbocycles. The molecular formula is C30H26F2N2O6S2. The number of aryl methyl sites for hydroxylation is 2. The van der Waals surface area contributed by atoms with Crippen LogP contribution in [0.3, 0.4) is 0 Å². The van der Waals surface area contributed by atoms with Gasteiger partial charge in [0.1, 0.15) is 23.1 Å². The zero-order chi connectivity index (χ0) is 30.7.